The highest BCUT2D eigenvalue weighted by Crippen LogP contribution is 2.10. The molecule has 0 aliphatic carbocycles. The van der Waals surface area contributed by atoms with Crippen molar-refractivity contribution in [3.8, 4) is 0 Å². The molecule has 0 fully saturated rings. The zero-order valence-electron chi connectivity index (χ0n) is 18.6. The van der Waals surface area contributed by atoms with Crippen LogP contribution in [0, 0.1) is 0 Å². The van der Waals surface area contributed by atoms with Gasteiger partial charge in [-0.3, -0.25) is 4.79 Å². The second-order valence-electron chi connectivity index (χ2n) is 8.46. The summed E-state index contributed by atoms with van der Waals surface area (Å²) in [4.78, 5) is 11.9. The Hall–Kier alpha value is -0.870. The van der Waals surface area contributed by atoms with Gasteiger partial charge in [-0.1, -0.05) is 70.9 Å². The van der Waals surface area contributed by atoms with Gasteiger partial charge in [-0.25, -0.2) is 10.0 Å². The van der Waals surface area contributed by atoms with Crippen LogP contribution in [0.5, 0.6) is 0 Å². The lowest BCUT2D eigenvalue weighted by Gasteiger charge is -2.28. The maximum absolute atomic E-state index is 11.9. The first kappa shape index (κ1) is 26.1. The van der Waals surface area contributed by atoms with E-state index in [4.69, 9.17) is 0 Å². The lowest BCUT2D eigenvalue weighted by Crippen LogP contribution is -2.54. The number of unbranched alkanes of at least 4 members (excludes halogenated alkanes) is 8. The summed E-state index contributed by atoms with van der Waals surface area (Å²) in [6, 6.07) is 0. The van der Waals surface area contributed by atoms with Crippen molar-refractivity contribution in [2.24, 2.45) is 0 Å². The molecule has 0 saturated carbocycles. The van der Waals surface area contributed by atoms with Gasteiger partial charge in [0.05, 0.1) is 20.2 Å². The van der Waals surface area contributed by atoms with Crippen LogP contribution in [-0.4, -0.2) is 42.3 Å². The van der Waals surface area contributed by atoms with Crippen LogP contribution >= 0.6 is 0 Å². The summed E-state index contributed by atoms with van der Waals surface area (Å²) in [7, 11) is 4.08. The van der Waals surface area contributed by atoms with E-state index in [1.54, 1.807) is 0 Å². The number of carbonyl (C=O) groups is 1. The molecule has 1 atom stereocenters. The monoisotopic (exact) mass is 383 g/mol. The topological polar surface area (TPSA) is 49.3 Å². The maximum atomic E-state index is 11.9. The summed E-state index contributed by atoms with van der Waals surface area (Å²) in [6.07, 6.45) is 19.4. The van der Waals surface area contributed by atoms with Gasteiger partial charge in [0.2, 0.25) is 0 Å². The Morgan fingerprint density at radius 2 is 1.59 bits per heavy atom. The summed E-state index contributed by atoms with van der Waals surface area (Å²) < 4.78 is 0.578. The molecule has 0 spiro atoms. The first-order chi connectivity index (χ1) is 12.9. The number of amides is 1. The average molecular weight is 384 g/mol. The molecule has 0 unspecified atom stereocenters. The van der Waals surface area contributed by atoms with Gasteiger partial charge in [0.15, 0.2) is 0 Å². The quantitative estimate of drug-likeness (QED) is 0.142. The molecule has 0 aromatic rings. The second kappa shape index (κ2) is 17.2. The highest BCUT2D eigenvalue weighted by molar-refractivity contribution is 5.74. The zero-order valence-corrected chi connectivity index (χ0v) is 18.6. The van der Waals surface area contributed by atoms with Gasteiger partial charge in [0.1, 0.15) is 6.54 Å². The fraction of sp³-hybridized carbons (Fsp3) is 0.870. The number of aliphatic hydroxyl groups excluding tert-OH is 1. The molecule has 27 heavy (non-hydrogen) atoms. The first-order valence-electron chi connectivity index (χ1n) is 11.4. The molecule has 0 aliphatic heterocycles. The van der Waals surface area contributed by atoms with E-state index in [2.05, 4.69) is 31.4 Å². The number of quaternary nitrogens is 1. The van der Waals surface area contributed by atoms with E-state index >= 15 is 0 Å². The third kappa shape index (κ3) is 18.3. The van der Waals surface area contributed by atoms with Crippen molar-refractivity contribution < 1.29 is 14.5 Å². The molecule has 1 amide bonds. The van der Waals surface area contributed by atoms with Crippen LogP contribution in [0.2, 0.25) is 0 Å². The molecule has 0 heterocycles. The summed E-state index contributed by atoms with van der Waals surface area (Å²) in [5, 5.41) is 9.91. The van der Waals surface area contributed by atoms with Crippen LogP contribution in [0.1, 0.15) is 104 Å². The smallest absolute Gasteiger partial charge is 0.264 e. The third-order valence-corrected chi connectivity index (χ3v) is 4.95. The number of nitrogens with zero attached hydrogens (tertiary/aromatic N) is 1. The Labute approximate surface area is 169 Å². The van der Waals surface area contributed by atoms with Gasteiger partial charge in [-0.2, -0.15) is 0 Å². The first-order valence-corrected chi connectivity index (χ1v) is 11.4. The molecule has 0 aromatic heterocycles. The summed E-state index contributed by atoms with van der Waals surface area (Å²) in [5.41, 5.74) is 3.08. The molecular formula is C23H47N2O2+. The Kier molecular flexibility index (Phi) is 16.7. The number of carbonyl (C=O) groups excluding carboxylic acids is 1. The lowest BCUT2D eigenvalue weighted by atomic mass is 10.1. The van der Waals surface area contributed by atoms with Gasteiger partial charge >= 0.3 is 0 Å². The molecule has 0 bridgehead atoms. The van der Waals surface area contributed by atoms with Crippen LogP contribution in [0.25, 0.3) is 0 Å². The van der Waals surface area contributed by atoms with Crippen molar-refractivity contribution in [3.63, 3.8) is 0 Å². The van der Waals surface area contributed by atoms with E-state index in [9.17, 15) is 9.90 Å². The highest BCUT2D eigenvalue weighted by atomic mass is 16.3. The average Bonchev–Trinajstić information content (AvgIpc) is 2.59. The van der Waals surface area contributed by atoms with Crippen molar-refractivity contribution in [3.05, 3.63) is 12.2 Å². The summed E-state index contributed by atoms with van der Waals surface area (Å²) in [6.45, 7) is 5.32. The van der Waals surface area contributed by atoms with E-state index in [1.807, 2.05) is 14.1 Å². The molecule has 4 heteroatoms. The van der Waals surface area contributed by atoms with E-state index in [-0.39, 0.29) is 12.0 Å². The maximum Gasteiger partial charge on any atom is 0.264 e. The van der Waals surface area contributed by atoms with E-state index in [0.717, 1.165) is 51.5 Å². The largest absolute Gasteiger partial charge is 0.393 e. The Morgan fingerprint density at radius 3 is 2.30 bits per heavy atom. The number of rotatable bonds is 18. The molecule has 0 aromatic carbocycles. The lowest BCUT2D eigenvalue weighted by molar-refractivity contribution is -0.925. The van der Waals surface area contributed by atoms with Crippen LogP contribution in [-0.2, 0) is 4.79 Å². The third-order valence-electron chi connectivity index (χ3n) is 4.95. The minimum absolute atomic E-state index is 0.162. The molecule has 0 radical (unpaired) electrons. The summed E-state index contributed by atoms with van der Waals surface area (Å²) in [5.74, 6) is 0.171. The van der Waals surface area contributed by atoms with Crippen molar-refractivity contribution in [1.82, 2.24) is 5.43 Å². The minimum atomic E-state index is -0.162. The highest BCUT2D eigenvalue weighted by Gasteiger charge is 2.16. The van der Waals surface area contributed by atoms with Crippen LogP contribution in [0.3, 0.4) is 0 Å². The number of hydrogen-bond acceptors (Lipinski definition) is 2. The minimum Gasteiger partial charge on any atom is -0.393 e. The van der Waals surface area contributed by atoms with Crippen LogP contribution < -0.4 is 5.43 Å². The van der Waals surface area contributed by atoms with E-state index in [1.165, 1.54) is 38.5 Å². The van der Waals surface area contributed by atoms with Crippen LogP contribution in [0.4, 0.5) is 0 Å². The van der Waals surface area contributed by atoms with Crippen molar-refractivity contribution in [1.29, 1.82) is 0 Å². The van der Waals surface area contributed by atoms with Gasteiger partial charge in [0, 0.05) is 6.42 Å². The van der Waals surface area contributed by atoms with E-state index < -0.39 is 0 Å². The second-order valence-corrected chi connectivity index (χ2v) is 8.46. The molecule has 2 N–H and O–H groups in total. The SMILES string of the molecule is CCCCCC[C@@H](O)C/C=C\CCCCCCCC(=O)N[N+](C)(C)CCC. The molecule has 160 valence electrons. The Morgan fingerprint density at radius 1 is 0.926 bits per heavy atom. The number of allylic oxidation sites excluding steroid dienone is 1. The standard InChI is InChI=1S/C23H46N2O2/c1-5-7-8-15-18-22(26)19-16-13-11-9-10-12-14-17-20-23(27)24-25(3,4)21-6-2/h13,16,22,26H,5-12,14-15,17-21H2,1-4H3/p+1/b16-13-/t22-/m1/s1. The van der Waals surface area contributed by atoms with Crippen molar-refractivity contribution in [2.45, 2.75) is 110 Å². The zero-order chi connectivity index (χ0) is 20.4. The molecule has 0 aliphatic rings. The van der Waals surface area contributed by atoms with Gasteiger partial charge in [-0.15, -0.1) is 0 Å². The van der Waals surface area contributed by atoms with E-state index in [0.29, 0.717) is 11.0 Å². The van der Waals surface area contributed by atoms with Gasteiger partial charge in [0.25, 0.3) is 5.91 Å². The molecular weight excluding hydrogens is 336 g/mol. The van der Waals surface area contributed by atoms with Crippen LogP contribution in [0.15, 0.2) is 12.2 Å². The number of nitrogens with one attached hydrogen (secondary N) is 1. The normalized spacial score (nSPS) is 13.2. The predicted molar refractivity (Wildman–Crippen MR) is 116 cm³/mol. The number of hydrogen-bond donors (Lipinski definition) is 2. The number of aliphatic hydroxyl groups is 1. The van der Waals surface area contributed by atoms with Gasteiger partial charge < -0.3 is 5.11 Å². The molecule has 0 saturated heterocycles. The summed E-state index contributed by atoms with van der Waals surface area (Å²) >= 11 is 0. The molecule has 0 rings (SSSR count). The Balaban J connectivity index is 3.47. The van der Waals surface area contributed by atoms with Crippen molar-refractivity contribution in [2.75, 3.05) is 20.6 Å². The fourth-order valence-corrected chi connectivity index (χ4v) is 3.38. The predicted octanol–water partition coefficient (Wildman–Crippen LogP) is 5.51. The molecule has 4 nitrogen and oxygen atoms in total. The fourth-order valence-electron chi connectivity index (χ4n) is 3.38. The van der Waals surface area contributed by atoms with Gasteiger partial charge in [-0.05, 0) is 38.5 Å². The van der Waals surface area contributed by atoms with Crippen molar-refractivity contribution >= 4 is 5.91 Å². The Bertz CT molecular complexity index is 381.